The summed E-state index contributed by atoms with van der Waals surface area (Å²) in [6, 6.07) is 12.6. The first kappa shape index (κ1) is 25.3. The molecule has 0 bridgehead atoms. The van der Waals surface area contributed by atoms with Crippen molar-refractivity contribution in [3.63, 3.8) is 0 Å². The van der Waals surface area contributed by atoms with Crippen molar-refractivity contribution in [2.24, 2.45) is 0 Å². The van der Waals surface area contributed by atoms with Gasteiger partial charge < -0.3 is 19.5 Å². The molecule has 36 heavy (non-hydrogen) atoms. The molecule has 0 aliphatic carbocycles. The molecule has 1 fully saturated rings. The van der Waals surface area contributed by atoms with Crippen LogP contribution in [-0.2, 0) is 9.59 Å². The number of aliphatic hydroxyl groups excluding tert-OH is 1. The largest absolute Gasteiger partial charge is 0.507 e. The molecule has 0 saturated carbocycles. The monoisotopic (exact) mass is 527 g/mol. The van der Waals surface area contributed by atoms with Gasteiger partial charge in [-0.3, -0.25) is 19.5 Å². The number of carbonyl (C=O) groups excluding carboxylic acids is 2. The van der Waals surface area contributed by atoms with E-state index >= 15 is 0 Å². The molecule has 0 spiro atoms. The van der Waals surface area contributed by atoms with Crippen molar-refractivity contribution in [3.8, 4) is 11.5 Å². The number of benzene rings is 2. The summed E-state index contributed by atoms with van der Waals surface area (Å²) in [6.07, 6.45) is 1.55. The summed E-state index contributed by atoms with van der Waals surface area (Å²) in [6.45, 7) is 0. The Bertz CT molecular complexity index is 1360. The fourth-order valence-corrected chi connectivity index (χ4v) is 4.81. The van der Waals surface area contributed by atoms with Crippen LogP contribution in [-0.4, -0.2) is 50.1 Å². The summed E-state index contributed by atoms with van der Waals surface area (Å²) in [5, 5.41) is 11.6. The molecule has 186 valence electrons. The topological polar surface area (TPSA) is 92.2 Å². The molecular formula is C26H23Cl2N3O5. The fourth-order valence-electron chi connectivity index (χ4n) is 4.12. The van der Waals surface area contributed by atoms with E-state index in [1.807, 2.05) is 31.1 Å². The molecule has 1 saturated heterocycles. The van der Waals surface area contributed by atoms with Gasteiger partial charge in [0.05, 0.1) is 36.1 Å². The van der Waals surface area contributed by atoms with Crippen molar-refractivity contribution in [3.05, 3.63) is 81.6 Å². The second-order valence-corrected chi connectivity index (χ2v) is 8.91. The lowest BCUT2D eigenvalue weighted by atomic mass is 9.97. The Hall–Kier alpha value is -3.75. The fraction of sp³-hybridized carbons (Fsp3) is 0.192. The predicted molar refractivity (Wildman–Crippen MR) is 139 cm³/mol. The first-order valence-electron chi connectivity index (χ1n) is 10.8. The van der Waals surface area contributed by atoms with E-state index in [1.165, 1.54) is 25.2 Å². The van der Waals surface area contributed by atoms with Crippen LogP contribution in [0.5, 0.6) is 11.5 Å². The van der Waals surface area contributed by atoms with E-state index in [0.717, 1.165) is 5.69 Å². The van der Waals surface area contributed by atoms with Gasteiger partial charge in [-0.2, -0.15) is 0 Å². The van der Waals surface area contributed by atoms with Gasteiger partial charge in [0.15, 0.2) is 11.5 Å². The minimum absolute atomic E-state index is 0.0111. The highest BCUT2D eigenvalue weighted by molar-refractivity contribution is 6.52. The number of hydrogen-bond acceptors (Lipinski definition) is 7. The maximum Gasteiger partial charge on any atom is 0.300 e. The molecule has 3 aromatic rings. The van der Waals surface area contributed by atoms with Gasteiger partial charge in [0.1, 0.15) is 16.8 Å². The van der Waals surface area contributed by atoms with Gasteiger partial charge in [-0.25, -0.2) is 0 Å². The lowest BCUT2D eigenvalue weighted by molar-refractivity contribution is -0.132. The van der Waals surface area contributed by atoms with Crippen LogP contribution < -0.4 is 19.3 Å². The quantitative estimate of drug-likeness (QED) is 0.271. The third kappa shape index (κ3) is 4.23. The Morgan fingerprint density at radius 2 is 1.69 bits per heavy atom. The number of pyridine rings is 1. The summed E-state index contributed by atoms with van der Waals surface area (Å²) in [5.74, 6) is -2.01. The molecule has 1 aliphatic heterocycles. The molecule has 1 aliphatic rings. The van der Waals surface area contributed by atoms with Crippen LogP contribution in [0.2, 0.25) is 10.0 Å². The Morgan fingerprint density at radius 3 is 2.25 bits per heavy atom. The number of nitrogens with zero attached hydrogens (tertiary/aromatic N) is 3. The number of carbonyl (C=O) groups is 2. The number of methoxy groups -OCH3 is 2. The van der Waals surface area contributed by atoms with Gasteiger partial charge in [0.25, 0.3) is 11.7 Å². The normalized spacial score (nSPS) is 16.8. The SMILES string of the molecule is COc1c(Cl)cc(/C(O)=C2\C(=O)C(=O)N(c3ccc(N(C)C)cc3)C2c2ccccn2)c(OC)c1Cl. The zero-order chi connectivity index (χ0) is 26.1. The number of ketones is 1. The maximum absolute atomic E-state index is 13.4. The lowest BCUT2D eigenvalue weighted by Gasteiger charge is -2.25. The van der Waals surface area contributed by atoms with Crippen LogP contribution in [0.15, 0.2) is 60.3 Å². The molecule has 2 aromatic carbocycles. The number of halogens is 2. The number of hydrogen-bond donors (Lipinski definition) is 1. The van der Waals surface area contributed by atoms with E-state index in [0.29, 0.717) is 11.4 Å². The highest BCUT2D eigenvalue weighted by Gasteiger charge is 2.48. The molecule has 1 N–H and O–H groups in total. The molecule has 2 heterocycles. The number of aliphatic hydroxyl groups is 1. The Labute approximate surface area is 218 Å². The van der Waals surface area contributed by atoms with Crippen molar-refractivity contribution in [1.82, 2.24) is 4.98 Å². The maximum atomic E-state index is 13.4. The highest BCUT2D eigenvalue weighted by atomic mass is 35.5. The average Bonchev–Trinajstić information content (AvgIpc) is 3.14. The molecule has 10 heteroatoms. The minimum atomic E-state index is -1.01. The number of aromatic nitrogens is 1. The summed E-state index contributed by atoms with van der Waals surface area (Å²) in [7, 11) is 6.54. The van der Waals surface area contributed by atoms with Crippen LogP contribution in [0.3, 0.4) is 0 Å². The van der Waals surface area contributed by atoms with Crippen molar-refractivity contribution >= 4 is 52.0 Å². The van der Waals surface area contributed by atoms with Crippen molar-refractivity contribution < 1.29 is 24.2 Å². The van der Waals surface area contributed by atoms with Gasteiger partial charge in [-0.1, -0.05) is 29.3 Å². The van der Waals surface area contributed by atoms with E-state index in [2.05, 4.69) is 4.98 Å². The standard InChI is InChI=1S/C26H23Cl2N3O5/c1-30(2)14-8-10-15(11-9-14)31-21(18-7-5-6-12-29-18)19(23(33)26(31)34)22(32)16-13-17(27)25(36-4)20(28)24(16)35-3/h5-13,21,32H,1-4H3/b22-19+. The van der Waals surface area contributed by atoms with Gasteiger partial charge in [-0.05, 0) is 42.5 Å². The smallest absolute Gasteiger partial charge is 0.300 e. The zero-order valence-electron chi connectivity index (χ0n) is 20.0. The minimum Gasteiger partial charge on any atom is -0.507 e. The number of amides is 1. The first-order chi connectivity index (χ1) is 17.2. The number of ether oxygens (including phenoxy) is 2. The summed E-state index contributed by atoms with van der Waals surface area (Å²) >= 11 is 12.7. The van der Waals surface area contributed by atoms with E-state index in [1.54, 1.807) is 36.5 Å². The van der Waals surface area contributed by atoms with Gasteiger partial charge in [0.2, 0.25) is 0 Å². The highest BCUT2D eigenvalue weighted by Crippen LogP contribution is 2.47. The van der Waals surface area contributed by atoms with Crippen molar-refractivity contribution in [2.45, 2.75) is 6.04 Å². The number of rotatable bonds is 6. The molecule has 0 radical (unpaired) electrons. The second-order valence-electron chi connectivity index (χ2n) is 8.12. The first-order valence-corrected chi connectivity index (χ1v) is 11.6. The molecule has 1 amide bonds. The zero-order valence-corrected chi connectivity index (χ0v) is 21.5. The Kier molecular flexibility index (Phi) is 7.10. The molecule has 1 atom stereocenters. The molecule has 8 nitrogen and oxygen atoms in total. The number of Topliss-reactive ketones (excluding diaryl/α,β-unsaturated/α-hetero) is 1. The molecular weight excluding hydrogens is 505 g/mol. The summed E-state index contributed by atoms with van der Waals surface area (Å²) < 4.78 is 10.6. The van der Waals surface area contributed by atoms with E-state index in [9.17, 15) is 14.7 Å². The molecule has 1 unspecified atom stereocenters. The van der Waals surface area contributed by atoms with Crippen LogP contribution in [0.25, 0.3) is 5.76 Å². The van der Waals surface area contributed by atoms with Gasteiger partial charge in [-0.15, -0.1) is 0 Å². The van der Waals surface area contributed by atoms with Crippen molar-refractivity contribution in [2.75, 3.05) is 38.1 Å². The van der Waals surface area contributed by atoms with E-state index in [4.69, 9.17) is 32.7 Å². The van der Waals surface area contributed by atoms with Crippen LogP contribution in [0.1, 0.15) is 17.3 Å². The second kappa shape index (κ2) is 10.1. The van der Waals surface area contributed by atoms with E-state index < -0.39 is 23.5 Å². The van der Waals surface area contributed by atoms with Gasteiger partial charge >= 0.3 is 0 Å². The summed E-state index contributed by atoms with van der Waals surface area (Å²) in [5.41, 5.74) is 1.63. The lowest BCUT2D eigenvalue weighted by Crippen LogP contribution is -2.29. The van der Waals surface area contributed by atoms with Crippen LogP contribution in [0, 0.1) is 0 Å². The third-order valence-corrected chi connectivity index (χ3v) is 6.48. The Morgan fingerprint density at radius 1 is 1.03 bits per heavy atom. The average molecular weight is 528 g/mol. The van der Waals surface area contributed by atoms with Crippen molar-refractivity contribution in [1.29, 1.82) is 0 Å². The van der Waals surface area contributed by atoms with Crippen LogP contribution >= 0.6 is 23.2 Å². The molecule has 1 aromatic heterocycles. The molecule has 4 rings (SSSR count). The van der Waals surface area contributed by atoms with Crippen LogP contribution in [0.4, 0.5) is 11.4 Å². The predicted octanol–water partition coefficient (Wildman–Crippen LogP) is 5.10. The summed E-state index contributed by atoms with van der Waals surface area (Å²) in [4.78, 5) is 34.3. The third-order valence-electron chi connectivity index (χ3n) is 5.85. The Balaban J connectivity index is 1.97. The van der Waals surface area contributed by atoms with E-state index in [-0.39, 0.29) is 32.7 Å². The number of anilines is 2. The van der Waals surface area contributed by atoms with Gasteiger partial charge in [0, 0.05) is 31.7 Å².